The van der Waals surface area contributed by atoms with Gasteiger partial charge in [-0.3, -0.25) is 28.8 Å². The van der Waals surface area contributed by atoms with E-state index in [0.717, 1.165) is 0 Å². The van der Waals surface area contributed by atoms with E-state index in [-0.39, 0.29) is 25.7 Å². The third-order valence-electron chi connectivity index (χ3n) is 4.59. The molecule has 0 saturated heterocycles. The molecular weight excluding hydrogens is 456 g/mol. The van der Waals surface area contributed by atoms with E-state index in [4.69, 9.17) is 22.3 Å². The largest absolute Gasteiger partial charge is 0.481 e. The number of hydrogen-bond donors (Lipinski definition) is 8. The lowest BCUT2D eigenvalue weighted by molar-refractivity contribution is -0.144. The monoisotopic (exact) mass is 488 g/mol. The van der Waals surface area contributed by atoms with Gasteiger partial charge >= 0.3 is 11.9 Å². The molecule has 0 aliphatic carbocycles. The highest BCUT2D eigenvalue weighted by Gasteiger charge is 2.32. The van der Waals surface area contributed by atoms with Gasteiger partial charge in [0, 0.05) is 12.8 Å². The first-order valence-corrected chi connectivity index (χ1v) is 10.3. The van der Waals surface area contributed by atoms with Crippen LogP contribution >= 0.6 is 0 Å². The zero-order valence-corrected chi connectivity index (χ0v) is 18.9. The van der Waals surface area contributed by atoms with Crippen LogP contribution in [0, 0.1) is 5.92 Å². The van der Waals surface area contributed by atoms with Gasteiger partial charge in [0.15, 0.2) is 0 Å². The summed E-state index contributed by atoms with van der Waals surface area (Å²) >= 11 is 0. The number of nitrogens with two attached hydrogens (primary N) is 3. The van der Waals surface area contributed by atoms with Crippen LogP contribution in [-0.2, 0) is 33.6 Å². The van der Waals surface area contributed by atoms with Crippen molar-refractivity contribution in [3.63, 3.8) is 0 Å². The fourth-order valence-corrected chi connectivity index (χ4v) is 2.69. The molecule has 0 radical (unpaired) electrons. The second-order valence-electron chi connectivity index (χ2n) is 7.91. The Morgan fingerprint density at radius 2 is 1.24 bits per heavy atom. The molecule has 15 heteroatoms. The number of rotatable bonds is 16. The van der Waals surface area contributed by atoms with Crippen molar-refractivity contribution in [2.24, 2.45) is 23.1 Å². The van der Waals surface area contributed by atoms with Crippen molar-refractivity contribution < 1.29 is 43.8 Å². The second-order valence-corrected chi connectivity index (χ2v) is 7.91. The van der Waals surface area contributed by atoms with Gasteiger partial charge in [-0.25, -0.2) is 4.79 Å². The van der Waals surface area contributed by atoms with Gasteiger partial charge in [0.25, 0.3) is 0 Å². The van der Waals surface area contributed by atoms with Crippen LogP contribution in [0.25, 0.3) is 0 Å². The first kappa shape index (κ1) is 30.2. The van der Waals surface area contributed by atoms with Crippen LogP contribution in [0.1, 0.15) is 46.0 Å². The molecule has 11 N–H and O–H groups in total. The van der Waals surface area contributed by atoms with Crippen molar-refractivity contribution in [2.45, 2.75) is 70.1 Å². The van der Waals surface area contributed by atoms with E-state index < -0.39 is 78.0 Å². The smallest absolute Gasteiger partial charge is 0.326 e. The highest BCUT2D eigenvalue weighted by Crippen LogP contribution is 2.06. The molecule has 0 heterocycles. The van der Waals surface area contributed by atoms with Gasteiger partial charge in [-0.1, -0.05) is 13.8 Å². The second kappa shape index (κ2) is 14.4. The highest BCUT2D eigenvalue weighted by molar-refractivity contribution is 5.95. The van der Waals surface area contributed by atoms with E-state index in [2.05, 4.69) is 16.0 Å². The number of primary amides is 2. The summed E-state index contributed by atoms with van der Waals surface area (Å²) < 4.78 is 0. The van der Waals surface area contributed by atoms with Crippen LogP contribution in [-0.4, -0.2) is 75.9 Å². The van der Waals surface area contributed by atoms with E-state index in [9.17, 15) is 38.7 Å². The lowest BCUT2D eigenvalue weighted by atomic mass is 10.0. The standard InChI is InChI=1S/C19H32N6O9/c1-8(2)15(25-16(30)9(20)3-5-12(21)26)18(32)24-11(7-14(28)29)17(31)23-10(19(33)34)4-6-13(22)27/h8-11,15H,3-7,20H2,1-2H3,(H2,21,26)(H2,22,27)(H,23,31)(H,24,32)(H,25,30)(H,28,29)(H,33,34). The first-order valence-electron chi connectivity index (χ1n) is 10.3. The van der Waals surface area contributed by atoms with Crippen molar-refractivity contribution in [3.8, 4) is 0 Å². The average molecular weight is 488 g/mol. The van der Waals surface area contributed by atoms with Gasteiger partial charge in [0.1, 0.15) is 18.1 Å². The van der Waals surface area contributed by atoms with Gasteiger partial charge < -0.3 is 43.4 Å². The summed E-state index contributed by atoms with van der Waals surface area (Å²) in [4.78, 5) is 81.8. The van der Waals surface area contributed by atoms with E-state index in [0.29, 0.717) is 0 Å². The number of carbonyl (C=O) groups is 7. The minimum Gasteiger partial charge on any atom is -0.481 e. The predicted molar refractivity (Wildman–Crippen MR) is 115 cm³/mol. The molecule has 0 aromatic rings. The van der Waals surface area contributed by atoms with Crippen molar-refractivity contribution in [1.82, 2.24) is 16.0 Å². The summed E-state index contributed by atoms with van der Waals surface area (Å²) in [6, 6.07) is -5.64. The Hall–Kier alpha value is -3.75. The molecule has 0 fully saturated rings. The quantitative estimate of drug-likeness (QED) is 0.106. The molecule has 4 unspecified atom stereocenters. The first-order chi connectivity index (χ1) is 15.6. The van der Waals surface area contributed by atoms with Crippen LogP contribution in [0.5, 0.6) is 0 Å². The van der Waals surface area contributed by atoms with Gasteiger partial charge in [-0.05, 0) is 18.8 Å². The van der Waals surface area contributed by atoms with Crippen molar-refractivity contribution in [2.75, 3.05) is 0 Å². The third kappa shape index (κ3) is 11.8. The number of amides is 5. The van der Waals surface area contributed by atoms with E-state index in [1.54, 1.807) is 13.8 Å². The van der Waals surface area contributed by atoms with Crippen LogP contribution in [0.15, 0.2) is 0 Å². The van der Waals surface area contributed by atoms with Gasteiger partial charge in [0.2, 0.25) is 29.5 Å². The van der Waals surface area contributed by atoms with E-state index in [1.165, 1.54) is 0 Å². The molecule has 0 saturated carbocycles. The Labute approximate surface area is 195 Å². The zero-order chi connectivity index (χ0) is 26.6. The Morgan fingerprint density at radius 3 is 1.68 bits per heavy atom. The molecule has 4 atom stereocenters. The summed E-state index contributed by atoms with van der Waals surface area (Å²) in [6.45, 7) is 3.13. The van der Waals surface area contributed by atoms with Crippen LogP contribution in [0.3, 0.4) is 0 Å². The van der Waals surface area contributed by atoms with Crippen molar-refractivity contribution in [1.29, 1.82) is 0 Å². The number of nitrogens with one attached hydrogen (secondary N) is 3. The molecule has 0 aromatic carbocycles. The summed E-state index contributed by atoms with van der Waals surface area (Å²) in [7, 11) is 0. The average Bonchev–Trinajstić information content (AvgIpc) is 2.70. The summed E-state index contributed by atoms with van der Waals surface area (Å²) in [5.74, 6) is -7.78. The normalized spacial score (nSPS) is 14.2. The van der Waals surface area contributed by atoms with Crippen molar-refractivity contribution in [3.05, 3.63) is 0 Å². The van der Waals surface area contributed by atoms with E-state index in [1.807, 2.05) is 0 Å². The highest BCUT2D eigenvalue weighted by atomic mass is 16.4. The Bertz CT molecular complexity index is 801. The number of aliphatic carboxylic acids is 2. The minimum absolute atomic E-state index is 0.0699. The number of hydrogen-bond acceptors (Lipinski definition) is 8. The minimum atomic E-state index is -1.69. The maximum Gasteiger partial charge on any atom is 0.326 e. The molecule has 5 amide bonds. The molecule has 34 heavy (non-hydrogen) atoms. The van der Waals surface area contributed by atoms with Crippen molar-refractivity contribution >= 4 is 41.5 Å². The summed E-state index contributed by atoms with van der Waals surface area (Å²) in [6.07, 6.45) is -1.83. The maximum atomic E-state index is 12.7. The molecule has 0 aliphatic heterocycles. The lowest BCUT2D eigenvalue weighted by Gasteiger charge is -2.26. The Balaban J connectivity index is 5.43. The van der Waals surface area contributed by atoms with Crippen LogP contribution in [0.2, 0.25) is 0 Å². The lowest BCUT2D eigenvalue weighted by Crippen LogP contribution is -2.58. The van der Waals surface area contributed by atoms with E-state index >= 15 is 0 Å². The fourth-order valence-electron chi connectivity index (χ4n) is 2.69. The molecular formula is C19H32N6O9. The SMILES string of the molecule is CC(C)C(NC(=O)C(N)CCC(N)=O)C(=O)NC(CC(=O)O)C(=O)NC(CCC(N)=O)C(=O)O. The van der Waals surface area contributed by atoms with Crippen LogP contribution < -0.4 is 33.2 Å². The number of carbonyl (C=O) groups excluding carboxylic acids is 5. The summed E-state index contributed by atoms with van der Waals surface area (Å²) in [5, 5.41) is 24.9. The van der Waals surface area contributed by atoms with Crippen LogP contribution in [0.4, 0.5) is 0 Å². The summed E-state index contributed by atoms with van der Waals surface area (Å²) in [5.41, 5.74) is 15.7. The topological polar surface area (TPSA) is 274 Å². The molecule has 0 aliphatic rings. The maximum absolute atomic E-state index is 12.7. The molecule has 15 nitrogen and oxygen atoms in total. The third-order valence-corrected chi connectivity index (χ3v) is 4.59. The zero-order valence-electron chi connectivity index (χ0n) is 18.9. The molecule has 0 bridgehead atoms. The van der Waals surface area contributed by atoms with Gasteiger partial charge in [0.05, 0.1) is 12.5 Å². The Kier molecular flexibility index (Phi) is 12.8. The van der Waals surface area contributed by atoms with Gasteiger partial charge in [-0.2, -0.15) is 0 Å². The Morgan fingerprint density at radius 1 is 0.735 bits per heavy atom. The predicted octanol–water partition coefficient (Wildman–Crippen LogP) is -3.49. The molecule has 0 rings (SSSR count). The molecule has 0 spiro atoms. The molecule has 0 aromatic heterocycles. The fraction of sp³-hybridized carbons (Fsp3) is 0.632. The number of carboxylic acids is 2. The number of carboxylic acid groups (broad SMARTS) is 2. The molecule has 192 valence electrons. The van der Waals surface area contributed by atoms with Gasteiger partial charge in [-0.15, -0.1) is 0 Å².